The first-order valence-electron chi connectivity index (χ1n) is 4.36. The maximum Gasteiger partial charge on any atom is 0.116 e. The minimum atomic E-state index is 0.458. The summed E-state index contributed by atoms with van der Waals surface area (Å²) in [6, 6.07) is 0. The third-order valence-electron chi connectivity index (χ3n) is 2.07. The van der Waals surface area contributed by atoms with Gasteiger partial charge >= 0.3 is 0 Å². The fraction of sp³-hybridized carbons (Fsp3) is 0.875. The van der Waals surface area contributed by atoms with Crippen molar-refractivity contribution in [2.45, 2.75) is 33.4 Å². The highest BCUT2D eigenvalue weighted by Crippen LogP contribution is 2.10. The lowest BCUT2D eigenvalue weighted by Gasteiger charge is -2.25. The van der Waals surface area contributed by atoms with Crippen molar-refractivity contribution in [1.82, 2.24) is 9.91 Å². The maximum atomic E-state index is 4.27. The average molecular weight is 155 g/mol. The van der Waals surface area contributed by atoms with Crippen LogP contribution in [0.4, 0.5) is 0 Å². The standard InChI is InChI=1S/C8H17N3/c1-4-6-10-7-9-11(5-2)8(10)3/h7-8H,4-6H2,1-3H3. The zero-order valence-electron chi connectivity index (χ0n) is 7.62. The lowest BCUT2D eigenvalue weighted by atomic mass is 10.4. The van der Waals surface area contributed by atoms with Crippen LogP contribution in [0.5, 0.6) is 0 Å². The molecule has 1 heterocycles. The molecule has 0 fully saturated rings. The number of hydrogen-bond acceptors (Lipinski definition) is 3. The van der Waals surface area contributed by atoms with Crippen LogP contribution in [0, 0.1) is 0 Å². The summed E-state index contributed by atoms with van der Waals surface area (Å²) in [7, 11) is 0. The van der Waals surface area contributed by atoms with Gasteiger partial charge in [0.25, 0.3) is 0 Å². The molecule has 11 heavy (non-hydrogen) atoms. The van der Waals surface area contributed by atoms with Crippen LogP contribution in [-0.4, -0.2) is 35.5 Å². The molecule has 0 bridgehead atoms. The number of nitrogens with zero attached hydrogens (tertiary/aromatic N) is 3. The van der Waals surface area contributed by atoms with E-state index in [0.717, 1.165) is 13.1 Å². The number of hydrazone groups is 1. The van der Waals surface area contributed by atoms with Crippen molar-refractivity contribution in [2.75, 3.05) is 13.1 Å². The Kier molecular flexibility index (Phi) is 2.74. The Morgan fingerprint density at radius 3 is 2.64 bits per heavy atom. The van der Waals surface area contributed by atoms with E-state index in [2.05, 4.69) is 35.8 Å². The van der Waals surface area contributed by atoms with Gasteiger partial charge in [-0.25, -0.2) is 0 Å². The molecule has 0 amide bonds. The van der Waals surface area contributed by atoms with E-state index in [1.54, 1.807) is 0 Å². The zero-order chi connectivity index (χ0) is 8.27. The lowest BCUT2D eigenvalue weighted by molar-refractivity contribution is 0.154. The Balaban J connectivity index is 2.42. The van der Waals surface area contributed by atoms with Crippen molar-refractivity contribution in [1.29, 1.82) is 0 Å². The first kappa shape index (κ1) is 8.37. The second kappa shape index (κ2) is 3.60. The third-order valence-corrected chi connectivity index (χ3v) is 2.07. The Hall–Kier alpha value is -0.730. The smallest absolute Gasteiger partial charge is 0.116 e. The normalized spacial score (nSPS) is 23.4. The van der Waals surface area contributed by atoms with E-state index in [9.17, 15) is 0 Å². The largest absolute Gasteiger partial charge is 0.340 e. The van der Waals surface area contributed by atoms with Gasteiger partial charge in [-0.2, -0.15) is 5.10 Å². The van der Waals surface area contributed by atoms with Gasteiger partial charge in [0.15, 0.2) is 0 Å². The molecule has 1 unspecified atom stereocenters. The molecule has 3 nitrogen and oxygen atoms in total. The van der Waals surface area contributed by atoms with Gasteiger partial charge in [-0.1, -0.05) is 6.92 Å². The lowest BCUT2D eigenvalue weighted by Crippen LogP contribution is -2.37. The summed E-state index contributed by atoms with van der Waals surface area (Å²) in [5, 5.41) is 6.36. The minimum Gasteiger partial charge on any atom is -0.340 e. The van der Waals surface area contributed by atoms with Crippen LogP contribution in [-0.2, 0) is 0 Å². The first-order valence-corrected chi connectivity index (χ1v) is 4.36. The predicted octanol–water partition coefficient (Wildman–Crippen LogP) is 1.32. The van der Waals surface area contributed by atoms with E-state index in [1.807, 2.05) is 6.34 Å². The van der Waals surface area contributed by atoms with Crippen LogP contribution < -0.4 is 0 Å². The average Bonchev–Trinajstić information content (AvgIpc) is 2.34. The number of hydrogen-bond donors (Lipinski definition) is 0. The summed E-state index contributed by atoms with van der Waals surface area (Å²) in [5.41, 5.74) is 0. The second-order valence-electron chi connectivity index (χ2n) is 2.86. The van der Waals surface area contributed by atoms with Crippen molar-refractivity contribution in [3.63, 3.8) is 0 Å². The van der Waals surface area contributed by atoms with Crippen molar-refractivity contribution in [2.24, 2.45) is 5.10 Å². The molecule has 0 N–H and O–H groups in total. The summed E-state index contributed by atoms with van der Waals surface area (Å²) < 4.78 is 0. The molecule has 0 saturated heterocycles. The van der Waals surface area contributed by atoms with Crippen molar-refractivity contribution in [3.8, 4) is 0 Å². The minimum absolute atomic E-state index is 0.458. The Bertz CT molecular complexity index is 144. The Morgan fingerprint density at radius 1 is 1.45 bits per heavy atom. The van der Waals surface area contributed by atoms with Gasteiger partial charge in [0, 0.05) is 13.1 Å². The van der Waals surface area contributed by atoms with Crippen LogP contribution in [0.25, 0.3) is 0 Å². The van der Waals surface area contributed by atoms with Crippen LogP contribution in [0.15, 0.2) is 5.10 Å². The van der Waals surface area contributed by atoms with E-state index in [-0.39, 0.29) is 0 Å². The van der Waals surface area contributed by atoms with Crippen LogP contribution in [0.1, 0.15) is 27.2 Å². The monoisotopic (exact) mass is 155 g/mol. The van der Waals surface area contributed by atoms with E-state index < -0.39 is 0 Å². The third kappa shape index (κ3) is 1.64. The number of rotatable bonds is 3. The van der Waals surface area contributed by atoms with Gasteiger partial charge in [-0.15, -0.1) is 0 Å². The maximum absolute atomic E-state index is 4.27. The Labute approximate surface area is 68.7 Å². The molecule has 0 saturated carbocycles. The zero-order valence-corrected chi connectivity index (χ0v) is 7.62. The molecule has 0 aromatic heterocycles. The molecule has 1 aliphatic heterocycles. The van der Waals surface area contributed by atoms with E-state index in [4.69, 9.17) is 0 Å². The van der Waals surface area contributed by atoms with Gasteiger partial charge in [0.05, 0.1) is 0 Å². The first-order chi connectivity index (χ1) is 5.29. The molecule has 1 rings (SSSR count). The SMILES string of the molecule is CCCN1C=NN(CC)C1C. The second-order valence-corrected chi connectivity index (χ2v) is 2.86. The summed E-state index contributed by atoms with van der Waals surface area (Å²) in [6.07, 6.45) is 3.59. The fourth-order valence-corrected chi connectivity index (χ4v) is 1.35. The molecule has 0 aliphatic carbocycles. The molecule has 64 valence electrons. The molecule has 3 heteroatoms. The molecular formula is C8H17N3. The molecule has 0 radical (unpaired) electrons. The van der Waals surface area contributed by atoms with Gasteiger partial charge < -0.3 is 4.90 Å². The molecule has 0 spiro atoms. The van der Waals surface area contributed by atoms with Gasteiger partial charge in [-0.05, 0) is 20.3 Å². The molecular weight excluding hydrogens is 138 g/mol. The van der Waals surface area contributed by atoms with Gasteiger partial charge in [0.2, 0.25) is 0 Å². The van der Waals surface area contributed by atoms with E-state index in [1.165, 1.54) is 6.42 Å². The summed E-state index contributed by atoms with van der Waals surface area (Å²) in [4.78, 5) is 2.27. The van der Waals surface area contributed by atoms with Crippen molar-refractivity contribution in [3.05, 3.63) is 0 Å². The molecule has 0 aromatic carbocycles. The highest BCUT2D eigenvalue weighted by Gasteiger charge is 2.20. The highest BCUT2D eigenvalue weighted by atomic mass is 15.6. The Morgan fingerprint density at radius 2 is 2.18 bits per heavy atom. The van der Waals surface area contributed by atoms with Crippen molar-refractivity contribution >= 4 is 6.34 Å². The molecule has 0 aromatic rings. The summed E-state index contributed by atoms with van der Waals surface area (Å²) >= 11 is 0. The van der Waals surface area contributed by atoms with E-state index >= 15 is 0 Å². The summed E-state index contributed by atoms with van der Waals surface area (Å²) in [5.74, 6) is 0. The topological polar surface area (TPSA) is 18.8 Å². The van der Waals surface area contributed by atoms with Gasteiger partial charge in [0.1, 0.15) is 12.5 Å². The fourth-order valence-electron chi connectivity index (χ4n) is 1.35. The van der Waals surface area contributed by atoms with Crippen LogP contribution >= 0.6 is 0 Å². The van der Waals surface area contributed by atoms with Crippen molar-refractivity contribution < 1.29 is 0 Å². The van der Waals surface area contributed by atoms with E-state index in [0.29, 0.717) is 6.17 Å². The van der Waals surface area contributed by atoms with Gasteiger partial charge in [-0.3, -0.25) is 5.01 Å². The predicted molar refractivity (Wildman–Crippen MR) is 47.3 cm³/mol. The highest BCUT2D eigenvalue weighted by molar-refractivity contribution is 5.56. The summed E-state index contributed by atoms with van der Waals surface area (Å²) in [6.45, 7) is 8.61. The van der Waals surface area contributed by atoms with Crippen LogP contribution in [0.2, 0.25) is 0 Å². The molecule has 1 aliphatic rings. The quantitative estimate of drug-likeness (QED) is 0.612. The molecule has 1 atom stereocenters. The van der Waals surface area contributed by atoms with Crippen LogP contribution in [0.3, 0.4) is 0 Å².